The van der Waals surface area contributed by atoms with Crippen LogP contribution in [-0.4, -0.2) is 6.18 Å². The molecule has 1 N–H and O–H groups in total. The van der Waals surface area contributed by atoms with Gasteiger partial charge in [-0.05, 0) is 54.1 Å². The minimum atomic E-state index is -4.78. The predicted molar refractivity (Wildman–Crippen MR) is 82.8 cm³/mol. The van der Waals surface area contributed by atoms with Gasteiger partial charge in [0.05, 0.1) is 5.70 Å². The summed E-state index contributed by atoms with van der Waals surface area (Å²) in [5, 5.41) is 0.0988. The number of hydrogen-bond acceptors (Lipinski definition) is 2. The first kappa shape index (κ1) is 17.1. The van der Waals surface area contributed by atoms with Gasteiger partial charge in [0.25, 0.3) is 0 Å². The standard InChI is InChI=1S/C16H9Cl2F4NO/c17-11-5-10(6-12(18)7-11)15(16(20,21)22)8-14(23-24-15)9-1-3-13(19)4-2-9/h1-8,23H. The van der Waals surface area contributed by atoms with Crippen LogP contribution in [-0.2, 0) is 10.4 Å². The molecule has 0 radical (unpaired) electrons. The smallest absolute Gasteiger partial charge is 0.265 e. The molecule has 0 saturated carbocycles. The van der Waals surface area contributed by atoms with E-state index in [9.17, 15) is 17.6 Å². The van der Waals surface area contributed by atoms with Gasteiger partial charge in [-0.25, -0.2) is 4.39 Å². The summed E-state index contributed by atoms with van der Waals surface area (Å²) >= 11 is 11.6. The van der Waals surface area contributed by atoms with Gasteiger partial charge in [0, 0.05) is 15.6 Å². The molecule has 126 valence electrons. The van der Waals surface area contributed by atoms with Crippen LogP contribution in [0.1, 0.15) is 11.1 Å². The highest BCUT2D eigenvalue weighted by Crippen LogP contribution is 2.48. The zero-order valence-electron chi connectivity index (χ0n) is 11.8. The molecule has 1 aliphatic heterocycles. The normalized spacial score (nSPS) is 20.7. The Morgan fingerprint density at radius 3 is 2.08 bits per heavy atom. The summed E-state index contributed by atoms with van der Waals surface area (Å²) in [6.07, 6.45) is -3.90. The molecule has 8 heteroatoms. The van der Waals surface area contributed by atoms with Crippen LogP contribution in [0.2, 0.25) is 10.0 Å². The second-order valence-corrected chi connectivity index (χ2v) is 6.03. The monoisotopic (exact) mass is 377 g/mol. The molecule has 1 unspecified atom stereocenters. The van der Waals surface area contributed by atoms with Gasteiger partial charge < -0.3 is 0 Å². The highest BCUT2D eigenvalue weighted by molar-refractivity contribution is 6.34. The lowest BCUT2D eigenvalue weighted by Crippen LogP contribution is -2.42. The highest BCUT2D eigenvalue weighted by Gasteiger charge is 2.59. The van der Waals surface area contributed by atoms with E-state index >= 15 is 0 Å². The lowest BCUT2D eigenvalue weighted by molar-refractivity contribution is -0.269. The van der Waals surface area contributed by atoms with Crippen LogP contribution in [0.3, 0.4) is 0 Å². The average Bonchev–Trinajstić information content (AvgIpc) is 2.93. The molecule has 0 aliphatic carbocycles. The predicted octanol–water partition coefficient (Wildman–Crippen LogP) is 5.47. The first-order valence-electron chi connectivity index (χ1n) is 6.67. The highest BCUT2D eigenvalue weighted by atomic mass is 35.5. The van der Waals surface area contributed by atoms with E-state index in [1.807, 2.05) is 0 Å². The zero-order valence-corrected chi connectivity index (χ0v) is 13.3. The third kappa shape index (κ3) is 2.97. The fraction of sp³-hybridized carbons (Fsp3) is 0.125. The van der Waals surface area contributed by atoms with E-state index in [2.05, 4.69) is 5.48 Å². The molecule has 2 nitrogen and oxygen atoms in total. The topological polar surface area (TPSA) is 21.3 Å². The Labute approximate surface area is 144 Å². The largest absolute Gasteiger partial charge is 0.428 e. The van der Waals surface area contributed by atoms with E-state index in [1.165, 1.54) is 18.2 Å². The summed E-state index contributed by atoms with van der Waals surface area (Å²) in [5.74, 6) is -0.498. The van der Waals surface area contributed by atoms with Gasteiger partial charge in [-0.15, -0.1) is 0 Å². The fourth-order valence-electron chi connectivity index (χ4n) is 2.38. The Bertz CT molecular complexity index is 784. The molecule has 2 aromatic carbocycles. The van der Waals surface area contributed by atoms with E-state index in [1.54, 1.807) is 0 Å². The minimum absolute atomic E-state index is 0.0494. The Balaban J connectivity index is 2.13. The quantitative estimate of drug-likeness (QED) is 0.701. The number of alkyl halides is 3. The maximum absolute atomic E-state index is 13.8. The Hall–Kier alpha value is -1.76. The molecular formula is C16H9Cl2F4NO. The van der Waals surface area contributed by atoms with Crippen molar-refractivity contribution in [1.29, 1.82) is 0 Å². The van der Waals surface area contributed by atoms with Gasteiger partial charge in [-0.2, -0.15) is 13.2 Å². The van der Waals surface area contributed by atoms with Gasteiger partial charge >= 0.3 is 6.18 Å². The van der Waals surface area contributed by atoms with Crippen molar-refractivity contribution in [1.82, 2.24) is 5.48 Å². The van der Waals surface area contributed by atoms with Crippen molar-refractivity contribution in [3.05, 3.63) is 75.5 Å². The minimum Gasteiger partial charge on any atom is -0.265 e. The summed E-state index contributed by atoms with van der Waals surface area (Å²) in [6, 6.07) is 8.55. The first-order valence-corrected chi connectivity index (χ1v) is 7.43. The Kier molecular flexibility index (Phi) is 4.23. The van der Waals surface area contributed by atoms with Crippen LogP contribution in [0.15, 0.2) is 48.5 Å². The summed E-state index contributed by atoms with van der Waals surface area (Å²) in [7, 11) is 0. The molecule has 24 heavy (non-hydrogen) atoms. The van der Waals surface area contributed by atoms with Crippen molar-refractivity contribution in [2.75, 3.05) is 0 Å². The molecule has 2 aromatic rings. The molecule has 0 amide bonds. The lowest BCUT2D eigenvalue weighted by Gasteiger charge is -2.28. The lowest BCUT2D eigenvalue weighted by atomic mass is 9.91. The molecule has 0 fully saturated rings. The summed E-state index contributed by atoms with van der Waals surface area (Å²) in [6.45, 7) is 0. The molecule has 3 rings (SSSR count). The van der Waals surface area contributed by atoms with Crippen LogP contribution in [0.4, 0.5) is 17.6 Å². The average molecular weight is 378 g/mol. The number of hydrogen-bond donors (Lipinski definition) is 1. The molecule has 0 aromatic heterocycles. The van der Waals surface area contributed by atoms with Crippen LogP contribution in [0.25, 0.3) is 5.70 Å². The summed E-state index contributed by atoms with van der Waals surface area (Å²) in [4.78, 5) is 4.92. The van der Waals surface area contributed by atoms with Gasteiger partial charge in [-0.3, -0.25) is 10.3 Å². The molecule has 0 spiro atoms. The van der Waals surface area contributed by atoms with E-state index in [4.69, 9.17) is 28.0 Å². The third-order valence-electron chi connectivity index (χ3n) is 3.54. The number of benzene rings is 2. The molecule has 0 bridgehead atoms. The van der Waals surface area contributed by atoms with Crippen molar-refractivity contribution < 1.29 is 22.4 Å². The van der Waals surface area contributed by atoms with Crippen molar-refractivity contribution in [2.24, 2.45) is 0 Å². The summed E-state index contributed by atoms with van der Waals surface area (Å²) in [5.41, 5.74) is -0.364. The van der Waals surface area contributed by atoms with Crippen LogP contribution in [0.5, 0.6) is 0 Å². The Morgan fingerprint density at radius 2 is 1.54 bits per heavy atom. The van der Waals surface area contributed by atoms with E-state index < -0.39 is 17.6 Å². The van der Waals surface area contributed by atoms with Crippen molar-refractivity contribution in [3.63, 3.8) is 0 Å². The number of nitrogens with one attached hydrogen (secondary N) is 1. The number of halogens is 6. The SMILES string of the molecule is Fc1ccc(C2=CC(c3cc(Cl)cc(Cl)c3)(C(F)(F)F)ON2)cc1. The van der Waals surface area contributed by atoms with Crippen LogP contribution in [0, 0.1) is 5.82 Å². The van der Waals surface area contributed by atoms with Gasteiger partial charge in [0.1, 0.15) is 5.82 Å². The summed E-state index contributed by atoms with van der Waals surface area (Å²) < 4.78 is 54.3. The molecule has 1 aliphatic rings. The molecular weight excluding hydrogens is 369 g/mol. The number of hydroxylamine groups is 1. The first-order chi connectivity index (χ1) is 11.2. The second-order valence-electron chi connectivity index (χ2n) is 5.16. The van der Waals surface area contributed by atoms with E-state index in [-0.39, 0.29) is 21.3 Å². The zero-order chi connectivity index (χ0) is 17.5. The fourth-order valence-corrected chi connectivity index (χ4v) is 2.91. The molecule has 0 saturated heterocycles. The van der Waals surface area contributed by atoms with E-state index in [0.29, 0.717) is 5.56 Å². The maximum atomic E-state index is 13.8. The third-order valence-corrected chi connectivity index (χ3v) is 3.97. The Morgan fingerprint density at radius 1 is 0.958 bits per heavy atom. The van der Waals surface area contributed by atoms with Crippen LogP contribution >= 0.6 is 23.2 Å². The second kappa shape index (κ2) is 5.95. The van der Waals surface area contributed by atoms with Crippen molar-refractivity contribution in [3.8, 4) is 0 Å². The van der Waals surface area contributed by atoms with E-state index in [0.717, 1.165) is 30.3 Å². The maximum Gasteiger partial charge on any atom is 0.428 e. The van der Waals surface area contributed by atoms with Crippen LogP contribution < -0.4 is 5.48 Å². The number of rotatable bonds is 2. The van der Waals surface area contributed by atoms with Crippen molar-refractivity contribution >= 4 is 28.9 Å². The van der Waals surface area contributed by atoms with Gasteiger partial charge in [-0.1, -0.05) is 23.2 Å². The van der Waals surface area contributed by atoms with Crippen molar-refractivity contribution in [2.45, 2.75) is 11.8 Å². The molecule has 1 heterocycles. The van der Waals surface area contributed by atoms with Gasteiger partial charge in [0.2, 0.25) is 5.60 Å². The van der Waals surface area contributed by atoms with Gasteiger partial charge in [0.15, 0.2) is 0 Å². The molecule has 1 atom stereocenters.